The van der Waals surface area contributed by atoms with Crippen LogP contribution in [-0.4, -0.2) is 48.8 Å². The van der Waals surface area contributed by atoms with Crippen LogP contribution in [-0.2, 0) is 11.0 Å². The lowest BCUT2D eigenvalue weighted by Crippen LogP contribution is -2.41. The molecule has 38 heavy (non-hydrogen) atoms. The molecular weight excluding hydrogens is 503 g/mol. The van der Waals surface area contributed by atoms with Gasteiger partial charge in [0.1, 0.15) is 17.2 Å². The SMILES string of the molecule is Nc1nc(-c2ccc(C(=O)Nc3cc(C(F)(F)F)on3)cc2)cn2c([C@@H]3CC[C@H]4CCC(=O)N4C3)ncc12. The summed E-state index contributed by atoms with van der Waals surface area (Å²) in [5.41, 5.74) is 8.34. The molecule has 2 fully saturated rings. The number of piperidine rings is 1. The zero-order valence-electron chi connectivity index (χ0n) is 19.9. The highest BCUT2D eigenvalue weighted by Crippen LogP contribution is 2.36. The van der Waals surface area contributed by atoms with Gasteiger partial charge in [-0.1, -0.05) is 17.3 Å². The van der Waals surface area contributed by atoms with Crippen LogP contribution in [0.5, 0.6) is 0 Å². The van der Waals surface area contributed by atoms with Gasteiger partial charge in [-0.3, -0.25) is 14.0 Å². The molecule has 2 aliphatic rings. The molecule has 10 nitrogen and oxygen atoms in total. The van der Waals surface area contributed by atoms with Gasteiger partial charge in [0, 0.05) is 48.3 Å². The summed E-state index contributed by atoms with van der Waals surface area (Å²) in [5.74, 6) is -0.923. The van der Waals surface area contributed by atoms with Crippen LogP contribution in [0, 0.1) is 0 Å². The number of hydrogen-bond acceptors (Lipinski definition) is 7. The smallest absolute Gasteiger partial charge is 0.382 e. The van der Waals surface area contributed by atoms with E-state index >= 15 is 0 Å². The standard InChI is InChI=1S/C25H22F3N7O3/c26-25(27,28)19-9-20(33-38-19)32-24(37)14-3-1-13(2-4-14)17-12-35-18(22(29)31-17)10-30-23(35)15-5-6-16-7-8-21(36)34(16)11-15/h1-4,9-10,12,15-16H,5-8,11H2,(H2,29,31)(H,32,33,37)/t15-,16+/m1/s1. The molecule has 2 atom stereocenters. The highest BCUT2D eigenvalue weighted by molar-refractivity contribution is 6.04. The summed E-state index contributed by atoms with van der Waals surface area (Å²) in [7, 11) is 0. The van der Waals surface area contributed by atoms with Gasteiger partial charge in [-0.2, -0.15) is 13.2 Å². The van der Waals surface area contributed by atoms with Gasteiger partial charge in [-0.25, -0.2) is 9.97 Å². The maximum atomic E-state index is 12.7. The van der Waals surface area contributed by atoms with Crippen LogP contribution in [0.1, 0.15) is 53.5 Å². The number of benzene rings is 1. The molecule has 13 heteroatoms. The highest BCUT2D eigenvalue weighted by Gasteiger charge is 2.38. The number of alkyl halides is 3. The number of aromatic nitrogens is 4. The van der Waals surface area contributed by atoms with Gasteiger partial charge in [-0.15, -0.1) is 0 Å². The minimum Gasteiger partial charge on any atom is -0.382 e. The lowest BCUT2D eigenvalue weighted by atomic mass is 9.92. The number of halogens is 3. The Morgan fingerprint density at radius 2 is 1.95 bits per heavy atom. The molecule has 0 radical (unpaired) electrons. The van der Waals surface area contributed by atoms with E-state index in [1.165, 1.54) is 12.1 Å². The van der Waals surface area contributed by atoms with Gasteiger partial charge in [-0.05, 0) is 31.4 Å². The maximum absolute atomic E-state index is 12.7. The number of fused-ring (bicyclic) bond motifs is 2. The zero-order chi connectivity index (χ0) is 26.6. The van der Waals surface area contributed by atoms with Crippen LogP contribution < -0.4 is 11.1 Å². The van der Waals surface area contributed by atoms with Gasteiger partial charge in [0.2, 0.25) is 11.7 Å². The van der Waals surface area contributed by atoms with E-state index in [-0.39, 0.29) is 23.2 Å². The molecule has 0 spiro atoms. The van der Waals surface area contributed by atoms with Crippen LogP contribution in [0.2, 0.25) is 0 Å². The maximum Gasteiger partial charge on any atom is 0.452 e. The van der Waals surface area contributed by atoms with Crippen molar-refractivity contribution in [3.05, 3.63) is 59.9 Å². The molecule has 2 saturated heterocycles. The van der Waals surface area contributed by atoms with Crippen molar-refractivity contribution in [1.82, 2.24) is 24.4 Å². The zero-order valence-corrected chi connectivity index (χ0v) is 19.9. The number of rotatable bonds is 4. The number of carbonyl (C=O) groups excluding carboxylic acids is 2. The number of nitrogens with zero attached hydrogens (tertiary/aromatic N) is 5. The number of carbonyl (C=O) groups is 2. The third-order valence-corrected chi connectivity index (χ3v) is 7.14. The number of nitrogens with one attached hydrogen (secondary N) is 1. The molecule has 0 aliphatic carbocycles. The molecule has 2 amide bonds. The Hall–Kier alpha value is -4.42. The van der Waals surface area contributed by atoms with Gasteiger partial charge < -0.3 is 20.5 Å². The normalized spacial score (nSPS) is 19.7. The second-order valence-corrected chi connectivity index (χ2v) is 9.50. The summed E-state index contributed by atoms with van der Waals surface area (Å²) < 4.78 is 44.2. The van der Waals surface area contributed by atoms with Crippen LogP contribution >= 0.6 is 0 Å². The molecular formula is C25H22F3N7O3. The summed E-state index contributed by atoms with van der Waals surface area (Å²) in [6.45, 7) is 0.625. The lowest BCUT2D eigenvalue weighted by molar-refractivity contribution is -0.155. The quantitative estimate of drug-likeness (QED) is 0.410. The number of nitrogen functional groups attached to an aromatic ring is 1. The topological polar surface area (TPSA) is 132 Å². The number of amides is 2. The summed E-state index contributed by atoms with van der Waals surface area (Å²) in [4.78, 5) is 35.8. The van der Waals surface area contributed by atoms with Crippen LogP contribution in [0.4, 0.5) is 24.8 Å². The van der Waals surface area contributed by atoms with Gasteiger partial charge in [0.05, 0.1) is 11.9 Å². The van der Waals surface area contributed by atoms with Crippen molar-refractivity contribution in [3.8, 4) is 11.3 Å². The van der Waals surface area contributed by atoms with E-state index < -0.39 is 17.8 Å². The van der Waals surface area contributed by atoms with Gasteiger partial charge >= 0.3 is 6.18 Å². The highest BCUT2D eigenvalue weighted by atomic mass is 19.4. The molecule has 1 aromatic carbocycles. The van der Waals surface area contributed by atoms with Crippen molar-refractivity contribution < 1.29 is 27.3 Å². The first-order valence-electron chi connectivity index (χ1n) is 12.1. The first kappa shape index (κ1) is 23.9. The number of anilines is 2. The second kappa shape index (κ2) is 8.85. The fourth-order valence-corrected chi connectivity index (χ4v) is 5.21. The molecule has 3 N–H and O–H groups in total. The molecule has 4 aromatic rings. The Labute approximate surface area is 213 Å². The Morgan fingerprint density at radius 1 is 1.16 bits per heavy atom. The van der Waals surface area contributed by atoms with Crippen molar-refractivity contribution in [2.45, 2.75) is 43.8 Å². The lowest BCUT2D eigenvalue weighted by Gasteiger charge is -2.34. The second-order valence-electron chi connectivity index (χ2n) is 9.50. The van der Waals surface area contributed by atoms with Gasteiger partial charge in [0.25, 0.3) is 5.91 Å². The number of nitrogens with two attached hydrogens (primary N) is 1. The first-order chi connectivity index (χ1) is 18.2. The predicted octanol–water partition coefficient (Wildman–Crippen LogP) is 4.11. The monoisotopic (exact) mass is 525 g/mol. The molecule has 0 bridgehead atoms. The van der Waals surface area contributed by atoms with E-state index in [1.54, 1.807) is 18.3 Å². The Kier molecular flexibility index (Phi) is 5.58. The summed E-state index contributed by atoms with van der Waals surface area (Å²) in [6.07, 6.45) is 2.18. The summed E-state index contributed by atoms with van der Waals surface area (Å²) in [6, 6.07) is 7.30. The molecule has 3 aromatic heterocycles. The number of hydrogen-bond donors (Lipinski definition) is 2. The summed E-state index contributed by atoms with van der Waals surface area (Å²) >= 11 is 0. The molecule has 0 unspecified atom stereocenters. The fraction of sp³-hybridized carbons (Fsp3) is 0.320. The molecule has 6 rings (SSSR count). The van der Waals surface area contributed by atoms with E-state index in [0.717, 1.165) is 25.1 Å². The minimum atomic E-state index is -4.70. The van der Waals surface area contributed by atoms with E-state index in [1.807, 2.05) is 15.5 Å². The Balaban J connectivity index is 1.23. The van der Waals surface area contributed by atoms with Crippen LogP contribution in [0.15, 0.2) is 47.2 Å². The van der Waals surface area contributed by atoms with Crippen molar-refractivity contribution in [2.24, 2.45) is 0 Å². The van der Waals surface area contributed by atoms with E-state index in [4.69, 9.17) is 5.73 Å². The molecule has 2 aliphatic heterocycles. The van der Waals surface area contributed by atoms with Crippen LogP contribution in [0.3, 0.4) is 0 Å². The van der Waals surface area contributed by atoms with Gasteiger partial charge in [0.15, 0.2) is 5.82 Å². The predicted molar refractivity (Wildman–Crippen MR) is 129 cm³/mol. The fourth-order valence-electron chi connectivity index (χ4n) is 5.21. The third-order valence-electron chi connectivity index (χ3n) is 7.14. The minimum absolute atomic E-state index is 0.0749. The van der Waals surface area contributed by atoms with Crippen molar-refractivity contribution >= 4 is 29.0 Å². The average molecular weight is 525 g/mol. The van der Waals surface area contributed by atoms with Crippen molar-refractivity contribution in [3.63, 3.8) is 0 Å². The van der Waals surface area contributed by atoms with E-state index in [2.05, 4.69) is 25.0 Å². The van der Waals surface area contributed by atoms with E-state index in [0.29, 0.717) is 47.7 Å². The third kappa shape index (κ3) is 4.23. The summed E-state index contributed by atoms with van der Waals surface area (Å²) in [5, 5.41) is 5.52. The average Bonchev–Trinajstić information content (AvgIpc) is 3.63. The molecule has 5 heterocycles. The Morgan fingerprint density at radius 3 is 2.68 bits per heavy atom. The molecule has 196 valence electrons. The van der Waals surface area contributed by atoms with Crippen LogP contribution in [0.25, 0.3) is 16.8 Å². The van der Waals surface area contributed by atoms with E-state index in [9.17, 15) is 22.8 Å². The largest absolute Gasteiger partial charge is 0.452 e. The first-order valence-corrected chi connectivity index (χ1v) is 12.1. The molecule has 0 saturated carbocycles. The van der Waals surface area contributed by atoms with Crippen molar-refractivity contribution in [2.75, 3.05) is 17.6 Å². The number of imidazole rings is 1. The Bertz CT molecular complexity index is 1540. The van der Waals surface area contributed by atoms with Crippen molar-refractivity contribution in [1.29, 1.82) is 0 Å².